The van der Waals surface area contributed by atoms with Crippen molar-refractivity contribution in [1.29, 1.82) is 0 Å². The van der Waals surface area contributed by atoms with E-state index < -0.39 is 0 Å². The van der Waals surface area contributed by atoms with Gasteiger partial charge in [-0.25, -0.2) is 0 Å². The molecule has 18 heavy (non-hydrogen) atoms. The van der Waals surface area contributed by atoms with Crippen LogP contribution in [0.2, 0.25) is 0 Å². The Morgan fingerprint density at radius 1 is 1.22 bits per heavy atom. The topological polar surface area (TPSA) is 20.3 Å². The Balaban J connectivity index is 4.26. The van der Waals surface area contributed by atoms with Gasteiger partial charge >= 0.3 is 0 Å². The third kappa shape index (κ3) is 7.31. The second-order valence-electron chi connectivity index (χ2n) is 5.69. The molecule has 0 aromatic rings. The van der Waals surface area contributed by atoms with E-state index in [-0.39, 0.29) is 11.3 Å². The van der Waals surface area contributed by atoms with E-state index in [0.29, 0.717) is 6.54 Å². The summed E-state index contributed by atoms with van der Waals surface area (Å²) < 4.78 is 0. The largest absolute Gasteiger partial charge is 0.335 e. The van der Waals surface area contributed by atoms with E-state index in [4.69, 9.17) is 0 Å². The molecule has 0 fully saturated rings. The molecule has 0 aliphatic carbocycles. The highest BCUT2D eigenvalue weighted by Crippen LogP contribution is 2.25. The third-order valence-corrected chi connectivity index (χ3v) is 3.16. The molecule has 0 spiro atoms. The molecule has 0 aromatic heterocycles. The first-order valence-corrected chi connectivity index (χ1v) is 6.99. The summed E-state index contributed by atoms with van der Waals surface area (Å²) in [5.74, 6) is -0.00321. The van der Waals surface area contributed by atoms with Gasteiger partial charge in [0.05, 0.1) is 0 Å². The maximum atomic E-state index is 11.7. The first-order chi connectivity index (χ1) is 8.46. The predicted molar refractivity (Wildman–Crippen MR) is 79.5 cm³/mol. The average Bonchev–Trinajstić information content (AvgIpc) is 2.33. The van der Waals surface area contributed by atoms with E-state index in [1.54, 1.807) is 6.08 Å². The Morgan fingerprint density at radius 2 is 1.89 bits per heavy atom. The van der Waals surface area contributed by atoms with Crippen molar-refractivity contribution in [3.05, 3.63) is 25.3 Å². The predicted octanol–water partition coefficient (Wildman–Crippen LogP) is 4.18. The van der Waals surface area contributed by atoms with Crippen LogP contribution in [0.5, 0.6) is 0 Å². The van der Waals surface area contributed by atoms with Gasteiger partial charge in [-0.3, -0.25) is 4.79 Å². The van der Waals surface area contributed by atoms with Crippen LogP contribution in [0, 0.1) is 5.41 Å². The molecule has 2 heteroatoms. The van der Waals surface area contributed by atoms with Gasteiger partial charge in [-0.05, 0) is 17.9 Å². The standard InChI is InChI=1S/C16H29NO/c1-6-9-10-11-12-16(4,5)14-17(13-7-2)15(18)8-3/h7-8H,2-3,6,9-14H2,1,4-5H3. The van der Waals surface area contributed by atoms with E-state index in [9.17, 15) is 4.79 Å². The number of amides is 1. The van der Waals surface area contributed by atoms with Crippen LogP contribution in [-0.4, -0.2) is 23.9 Å². The minimum Gasteiger partial charge on any atom is -0.335 e. The van der Waals surface area contributed by atoms with Crippen LogP contribution in [0.1, 0.15) is 52.9 Å². The van der Waals surface area contributed by atoms with Gasteiger partial charge in [-0.2, -0.15) is 0 Å². The lowest BCUT2D eigenvalue weighted by atomic mass is 9.86. The van der Waals surface area contributed by atoms with Crippen molar-refractivity contribution in [1.82, 2.24) is 4.90 Å². The fraction of sp³-hybridized carbons (Fsp3) is 0.688. The maximum absolute atomic E-state index is 11.7. The molecule has 0 saturated carbocycles. The average molecular weight is 251 g/mol. The van der Waals surface area contributed by atoms with Crippen molar-refractivity contribution in [3.63, 3.8) is 0 Å². The smallest absolute Gasteiger partial charge is 0.246 e. The normalized spacial score (nSPS) is 11.1. The Kier molecular flexibility index (Phi) is 8.43. The molecule has 0 aromatic carbocycles. The maximum Gasteiger partial charge on any atom is 0.246 e. The van der Waals surface area contributed by atoms with Crippen LogP contribution >= 0.6 is 0 Å². The number of nitrogens with zero attached hydrogens (tertiary/aromatic N) is 1. The van der Waals surface area contributed by atoms with Crippen molar-refractivity contribution in [2.75, 3.05) is 13.1 Å². The summed E-state index contributed by atoms with van der Waals surface area (Å²) in [5, 5.41) is 0. The zero-order chi connectivity index (χ0) is 14.0. The van der Waals surface area contributed by atoms with E-state index in [0.717, 1.165) is 13.0 Å². The van der Waals surface area contributed by atoms with Crippen molar-refractivity contribution in [2.24, 2.45) is 5.41 Å². The summed E-state index contributed by atoms with van der Waals surface area (Å²) in [4.78, 5) is 13.5. The molecular formula is C16H29NO. The van der Waals surface area contributed by atoms with Gasteiger partial charge in [-0.1, -0.05) is 59.1 Å². The molecule has 2 nitrogen and oxygen atoms in total. The monoisotopic (exact) mass is 251 g/mol. The lowest BCUT2D eigenvalue weighted by Crippen LogP contribution is -2.38. The highest BCUT2D eigenvalue weighted by molar-refractivity contribution is 5.87. The van der Waals surface area contributed by atoms with Gasteiger partial charge < -0.3 is 4.90 Å². The number of unbranched alkanes of at least 4 members (excludes halogenated alkanes) is 3. The Hall–Kier alpha value is -1.05. The molecule has 0 aliphatic heterocycles. The summed E-state index contributed by atoms with van der Waals surface area (Å²) in [6.07, 6.45) is 9.41. The first-order valence-electron chi connectivity index (χ1n) is 6.99. The molecule has 1 amide bonds. The summed E-state index contributed by atoms with van der Waals surface area (Å²) in [6.45, 7) is 15.3. The summed E-state index contributed by atoms with van der Waals surface area (Å²) in [7, 11) is 0. The van der Waals surface area contributed by atoms with Gasteiger partial charge in [0.15, 0.2) is 0 Å². The number of hydrogen-bond donors (Lipinski definition) is 0. The number of carbonyl (C=O) groups excluding carboxylic acids is 1. The van der Waals surface area contributed by atoms with Crippen LogP contribution < -0.4 is 0 Å². The first kappa shape index (κ1) is 16.9. The SMILES string of the molecule is C=CCN(CC(C)(C)CCCCCC)C(=O)C=C. The number of carbonyl (C=O) groups is 1. The van der Waals surface area contributed by atoms with Gasteiger partial charge in [0.2, 0.25) is 5.91 Å². The van der Waals surface area contributed by atoms with Gasteiger partial charge in [-0.15, -0.1) is 6.58 Å². The number of hydrogen-bond acceptors (Lipinski definition) is 1. The highest BCUT2D eigenvalue weighted by Gasteiger charge is 2.22. The highest BCUT2D eigenvalue weighted by atomic mass is 16.2. The Labute approximate surface area is 113 Å². The Morgan fingerprint density at radius 3 is 2.39 bits per heavy atom. The van der Waals surface area contributed by atoms with Crippen molar-refractivity contribution < 1.29 is 4.79 Å². The molecule has 0 saturated heterocycles. The van der Waals surface area contributed by atoms with Gasteiger partial charge in [0.25, 0.3) is 0 Å². The molecule has 0 rings (SSSR count). The van der Waals surface area contributed by atoms with Gasteiger partial charge in [0.1, 0.15) is 0 Å². The second kappa shape index (κ2) is 8.96. The summed E-state index contributed by atoms with van der Waals surface area (Å²) in [5.41, 5.74) is 0.162. The fourth-order valence-corrected chi connectivity index (χ4v) is 2.14. The minimum atomic E-state index is -0.00321. The van der Waals surface area contributed by atoms with Gasteiger partial charge in [0, 0.05) is 13.1 Å². The zero-order valence-electron chi connectivity index (χ0n) is 12.4. The van der Waals surface area contributed by atoms with E-state index >= 15 is 0 Å². The molecule has 0 N–H and O–H groups in total. The third-order valence-electron chi connectivity index (χ3n) is 3.16. The lowest BCUT2D eigenvalue weighted by Gasteiger charge is -2.31. The molecule has 0 heterocycles. The zero-order valence-corrected chi connectivity index (χ0v) is 12.4. The van der Waals surface area contributed by atoms with Crippen LogP contribution in [0.4, 0.5) is 0 Å². The molecule has 0 aliphatic rings. The molecule has 0 unspecified atom stereocenters. The second-order valence-corrected chi connectivity index (χ2v) is 5.69. The van der Waals surface area contributed by atoms with E-state index in [1.165, 1.54) is 31.8 Å². The lowest BCUT2D eigenvalue weighted by molar-refractivity contribution is -0.126. The van der Waals surface area contributed by atoms with E-state index in [2.05, 4.69) is 33.9 Å². The molecule has 0 radical (unpaired) electrons. The fourth-order valence-electron chi connectivity index (χ4n) is 2.14. The molecule has 0 bridgehead atoms. The number of rotatable bonds is 10. The molecular weight excluding hydrogens is 222 g/mol. The summed E-state index contributed by atoms with van der Waals surface area (Å²) in [6, 6.07) is 0. The summed E-state index contributed by atoms with van der Waals surface area (Å²) >= 11 is 0. The quantitative estimate of drug-likeness (QED) is 0.324. The van der Waals surface area contributed by atoms with Crippen molar-refractivity contribution >= 4 is 5.91 Å². The van der Waals surface area contributed by atoms with Crippen molar-refractivity contribution in [2.45, 2.75) is 52.9 Å². The Bertz CT molecular complexity index is 268. The van der Waals surface area contributed by atoms with E-state index in [1.807, 2.05) is 4.90 Å². The van der Waals surface area contributed by atoms with Crippen LogP contribution in [-0.2, 0) is 4.79 Å². The van der Waals surface area contributed by atoms with Crippen LogP contribution in [0.15, 0.2) is 25.3 Å². The molecule has 0 atom stereocenters. The molecule has 104 valence electrons. The van der Waals surface area contributed by atoms with Crippen molar-refractivity contribution in [3.8, 4) is 0 Å². The van der Waals surface area contributed by atoms with Crippen LogP contribution in [0.3, 0.4) is 0 Å². The van der Waals surface area contributed by atoms with Crippen LogP contribution in [0.25, 0.3) is 0 Å². The minimum absolute atomic E-state index is 0.00321.